The summed E-state index contributed by atoms with van der Waals surface area (Å²) in [5.74, 6) is -0.0293. The van der Waals surface area contributed by atoms with Crippen LogP contribution in [-0.4, -0.2) is 25.5 Å². The first-order valence-electron chi connectivity index (χ1n) is 9.12. The predicted molar refractivity (Wildman–Crippen MR) is 126 cm³/mol. The van der Waals surface area contributed by atoms with Crippen LogP contribution in [0.5, 0.6) is 0 Å². The lowest BCUT2D eigenvalue weighted by Crippen LogP contribution is -2.14. The van der Waals surface area contributed by atoms with Gasteiger partial charge in [-0.05, 0) is 51.3 Å². The molecule has 0 radical (unpaired) electrons. The monoisotopic (exact) mass is 537 g/mol. The number of amides is 1. The Kier molecular flexibility index (Phi) is 6.67. The third kappa shape index (κ3) is 5.49. The first-order valence-corrected chi connectivity index (χ1v) is 11.1. The molecule has 2 aromatic carbocycles. The van der Waals surface area contributed by atoms with Crippen LogP contribution in [0.25, 0.3) is 0 Å². The van der Waals surface area contributed by atoms with Crippen LogP contribution in [-0.2, 0) is 13.1 Å². The molecule has 1 amide bonds. The lowest BCUT2D eigenvalue weighted by molar-refractivity contribution is 0.102. The van der Waals surface area contributed by atoms with Crippen LogP contribution in [0.2, 0.25) is 15.1 Å². The van der Waals surface area contributed by atoms with Crippen LogP contribution in [0.4, 0.5) is 5.82 Å². The number of halogens is 4. The lowest BCUT2D eigenvalue weighted by atomic mass is 10.1. The average molecular weight is 540 g/mol. The Labute approximate surface area is 201 Å². The average Bonchev–Trinajstić information content (AvgIpc) is 3.29. The van der Waals surface area contributed by atoms with Crippen molar-refractivity contribution in [1.82, 2.24) is 19.6 Å². The summed E-state index contributed by atoms with van der Waals surface area (Å²) in [4.78, 5) is 12.7. The van der Waals surface area contributed by atoms with E-state index >= 15 is 0 Å². The summed E-state index contributed by atoms with van der Waals surface area (Å²) >= 11 is 21.8. The number of nitrogens with one attached hydrogen (secondary N) is 1. The lowest BCUT2D eigenvalue weighted by Gasteiger charge is -2.07. The Morgan fingerprint density at radius 2 is 1.84 bits per heavy atom. The van der Waals surface area contributed by atoms with Gasteiger partial charge in [0, 0.05) is 28.0 Å². The molecule has 0 aliphatic heterocycles. The first-order chi connectivity index (χ1) is 14.9. The maximum atomic E-state index is 12.7. The van der Waals surface area contributed by atoms with E-state index in [1.807, 2.05) is 30.5 Å². The number of carbonyl (C=O) groups excluding carboxylic acids is 1. The van der Waals surface area contributed by atoms with E-state index in [2.05, 4.69) is 31.4 Å². The maximum Gasteiger partial charge on any atom is 0.256 e. The number of benzene rings is 2. The van der Waals surface area contributed by atoms with E-state index in [9.17, 15) is 4.79 Å². The molecule has 31 heavy (non-hydrogen) atoms. The van der Waals surface area contributed by atoms with E-state index in [1.165, 1.54) is 0 Å². The highest BCUT2D eigenvalue weighted by atomic mass is 79.9. The quantitative estimate of drug-likeness (QED) is 0.320. The van der Waals surface area contributed by atoms with Gasteiger partial charge < -0.3 is 5.32 Å². The van der Waals surface area contributed by atoms with Crippen molar-refractivity contribution in [2.45, 2.75) is 13.1 Å². The number of aromatic nitrogens is 4. The van der Waals surface area contributed by atoms with Crippen molar-refractivity contribution in [3.05, 3.63) is 97.3 Å². The Hall–Kier alpha value is -2.32. The molecule has 0 aliphatic carbocycles. The van der Waals surface area contributed by atoms with Crippen molar-refractivity contribution in [2.24, 2.45) is 0 Å². The van der Waals surface area contributed by atoms with Crippen LogP contribution >= 0.6 is 50.7 Å². The van der Waals surface area contributed by atoms with Gasteiger partial charge in [0.25, 0.3) is 5.91 Å². The fraction of sp³-hybridized carbons (Fsp3) is 0.0952. The third-order valence-corrected chi connectivity index (χ3v) is 5.70. The molecule has 0 unspecified atom stereocenters. The highest BCUT2D eigenvalue weighted by Gasteiger charge is 2.14. The molecule has 2 aromatic heterocycles. The molecule has 10 heteroatoms. The molecule has 0 saturated heterocycles. The van der Waals surface area contributed by atoms with Crippen molar-refractivity contribution in [3.63, 3.8) is 0 Å². The summed E-state index contributed by atoms with van der Waals surface area (Å²) in [6.07, 6.45) is 5.21. The topological polar surface area (TPSA) is 64.7 Å². The van der Waals surface area contributed by atoms with Gasteiger partial charge in [-0.15, -0.1) is 0 Å². The van der Waals surface area contributed by atoms with Gasteiger partial charge in [0.2, 0.25) is 0 Å². The van der Waals surface area contributed by atoms with Crippen molar-refractivity contribution in [3.8, 4) is 0 Å². The van der Waals surface area contributed by atoms with E-state index in [1.54, 1.807) is 40.0 Å². The molecule has 0 spiro atoms. The Bertz CT molecular complexity index is 1250. The van der Waals surface area contributed by atoms with E-state index < -0.39 is 0 Å². The van der Waals surface area contributed by atoms with E-state index in [4.69, 9.17) is 34.8 Å². The normalized spacial score (nSPS) is 11.0. The molecule has 0 saturated carbocycles. The molecular weight excluding hydrogens is 525 g/mol. The molecule has 0 aliphatic rings. The van der Waals surface area contributed by atoms with Gasteiger partial charge in [-0.25, -0.2) is 0 Å². The van der Waals surface area contributed by atoms with Gasteiger partial charge in [-0.1, -0.05) is 53.0 Å². The van der Waals surface area contributed by atoms with Gasteiger partial charge in [0.05, 0.1) is 23.8 Å². The second-order valence-electron chi connectivity index (χ2n) is 6.77. The van der Waals surface area contributed by atoms with Crippen LogP contribution < -0.4 is 5.32 Å². The summed E-state index contributed by atoms with van der Waals surface area (Å²) in [7, 11) is 0. The standard InChI is InChI=1S/C21H15BrCl3N5O/c22-16-8-26-29(11-16)9-13-2-1-3-14(6-13)21(31)27-20-19(25)12-30(28-20)10-15-4-5-17(23)7-18(15)24/h1-8,11-12H,9-10H2,(H,27,28,31). The minimum absolute atomic E-state index is 0.276. The molecule has 4 rings (SSSR count). The van der Waals surface area contributed by atoms with E-state index in [-0.39, 0.29) is 11.7 Å². The smallest absolute Gasteiger partial charge is 0.256 e. The highest BCUT2D eigenvalue weighted by Crippen LogP contribution is 2.24. The molecular formula is C21H15BrCl3N5O. The van der Waals surface area contributed by atoms with Crippen LogP contribution in [0.1, 0.15) is 21.5 Å². The van der Waals surface area contributed by atoms with Gasteiger partial charge in [0.15, 0.2) is 5.82 Å². The van der Waals surface area contributed by atoms with Crippen molar-refractivity contribution in [1.29, 1.82) is 0 Å². The van der Waals surface area contributed by atoms with E-state index in [0.717, 1.165) is 15.6 Å². The highest BCUT2D eigenvalue weighted by molar-refractivity contribution is 9.10. The first kappa shape index (κ1) is 21.9. The van der Waals surface area contributed by atoms with Crippen molar-refractivity contribution in [2.75, 3.05) is 5.32 Å². The fourth-order valence-corrected chi connectivity index (χ4v) is 3.98. The van der Waals surface area contributed by atoms with Crippen LogP contribution in [0.15, 0.2) is 65.5 Å². The number of hydrogen-bond acceptors (Lipinski definition) is 3. The zero-order chi connectivity index (χ0) is 22.0. The van der Waals surface area contributed by atoms with Crippen LogP contribution in [0.3, 0.4) is 0 Å². The van der Waals surface area contributed by atoms with Crippen molar-refractivity contribution >= 4 is 62.5 Å². The molecule has 1 N–H and O–H groups in total. The van der Waals surface area contributed by atoms with E-state index in [0.29, 0.717) is 33.7 Å². The molecule has 2 heterocycles. The van der Waals surface area contributed by atoms with Gasteiger partial charge in [-0.2, -0.15) is 10.2 Å². The number of carbonyl (C=O) groups is 1. The fourth-order valence-electron chi connectivity index (χ4n) is 2.99. The minimum Gasteiger partial charge on any atom is -0.304 e. The van der Waals surface area contributed by atoms with Gasteiger partial charge in [0.1, 0.15) is 5.02 Å². The summed E-state index contributed by atoms with van der Waals surface area (Å²) in [5, 5.41) is 12.8. The van der Waals surface area contributed by atoms with Crippen molar-refractivity contribution < 1.29 is 4.79 Å². The number of hydrogen-bond donors (Lipinski definition) is 1. The maximum absolute atomic E-state index is 12.7. The SMILES string of the molecule is O=C(Nc1nn(Cc2ccc(Cl)cc2Cl)cc1Cl)c1cccc(Cn2cc(Br)cn2)c1. The molecule has 0 fully saturated rings. The number of rotatable bonds is 6. The zero-order valence-corrected chi connectivity index (χ0v) is 19.8. The molecule has 0 atom stereocenters. The molecule has 4 aromatic rings. The summed E-state index contributed by atoms with van der Waals surface area (Å²) in [6, 6.07) is 12.5. The summed E-state index contributed by atoms with van der Waals surface area (Å²) in [6.45, 7) is 0.935. The third-order valence-electron chi connectivity index (χ3n) is 4.43. The number of anilines is 1. The van der Waals surface area contributed by atoms with Crippen LogP contribution in [0, 0.1) is 0 Å². The Morgan fingerprint density at radius 3 is 2.58 bits per heavy atom. The molecule has 6 nitrogen and oxygen atoms in total. The molecule has 0 bridgehead atoms. The Balaban J connectivity index is 1.47. The van der Waals surface area contributed by atoms with Gasteiger partial charge in [-0.3, -0.25) is 14.2 Å². The summed E-state index contributed by atoms with van der Waals surface area (Å²) in [5.41, 5.74) is 2.27. The second-order valence-corrected chi connectivity index (χ2v) is 8.94. The second kappa shape index (κ2) is 9.44. The summed E-state index contributed by atoms with van der Waals surface area (Å²) < 4.78 is 4.28. The minimum atomic E-state index is -0.305. The molecule has 158 valence electrons. The Morgan fingerprint density at radius 1 is 1.00 bits per heavy atom. The van der Waals surface area contributed by atoms with Gasteiger partial charge >= 0.3 is 0 Å². The largest absolute Gasteiger partial charge is 0.304 e. The predicted octanol–water partition coefficient (Wildman–Crippen LogP) is 6.15. The number of nitrogens with zero attached hydrogens (tertiary/aromatic N) is 4. The zero-order valence-electron chi connectivity index (χ0n) is 15.9.